The molecule has 0 unspecified atom stereocenters. The van der Waals surface area contributed by atoms with Gasteiger partial charge in [0.15, 0.2) is 0 Å². The third-order valence-electron chi connectivity index (χ3n) is 5.98. The number of rotatable bonds is 9. The summed E-state index contributed by atoms with van der Waals surface area (Å²) in [4.78, 5) is 29.4. The van der Waals surface area contributed by atoms with Crippen LogP contribution >= 0.6 is 0 Å². The molecule has 0 saturated carbocycles. The van der Waals surface area contributed by atoms with Crippen LogP contribution in [0.5, 0.6) is 5.88 Å². The summed E-state index contributed by atoms with van der Waals surface area (Å²) in [6.45, 7) is 4.35. The first-order chi connectivity index (χ1) is 18.0. The number of aromatic nitrogens is 5. The van der Waals surface area contributed by atoms with Crippen LogP contribution in [0.15, 0.2) is 59.4 Å². The number of fused-ring (bicyclic) bond motifs is 1. The van der Waals surface area contributed by atoms with Crippen molar-refractivity contribution < 1.29 is 18.4 Å². The smallest absolute Gasteiger partial charge is 0.251 e. The van der Waals surface area contributed by atoms with E-state index in [0.717, 1.165) is 29.9 Å². The van der Waals surface area contributed by atoms with Crippen LogP contribution in [0.1, 0.15) is 39.6 Å². The number of nitrogens with zero attached hydrogens (tertiary/aromatic N) is 4. The Morgan fingerprint density at radius 2 is 1.95 bits per heavy atom. The molecule has 0 fully saturated rings. The van der Waals surface area contributed by atoms with E-state index in [0.29, 0.717) is 40.2 Å². The number of benzene rings is 2. The largest absolute Gasteiger partial charge is 0.471 e. The molecule has 188 valence electrons. The highest BCUT2D eigenvalue weighted by molar-refractivity contribution is 5.97. The lowest BCUT2D eigenvalue weighted by Gasteiger charge is -2.12. The van der Waals surface area contributed by atoms with E-state index in [1.807, 2.05) is 13.8 Å². The van der Waals surface area contributed by atoms with Gasteiger partial charge >= 0.3 is 0 Å². The van der Waals surface area contributed by atoms with Crippen LogP contribution in [0.25, 0.3) is 22.3 Å². The number of hydrogen-bond donors (Lipinski definition) is 2. The van der Waals surface area contributed by atoms with E-state index in [9.17, 15) is 9.18 Å². The molecule has 5 aromatic rings. The van der Waals surface area contributed by atoms with Gasteiger partial charge in [0.25, 0.3) is 5.91 Å². The first-order valence-corrected chi connectivity index (χ1v) is 11.9. The molecule has 0 aliphatic heterocycles. The maximum Gasteiger partial charge on any atom is 0.251 e. The maximum atomic E-state index is 13.6. The maximum absolute atomic E-state index is 13.6. The fourth-order valence-corrected chi connectivity index (χ4v) is 3.92. The lowest BCUT2D eigenvalue weighted by atomic mass is 10.1. The quantitative estimate of drug-likeness (QED) is 0.282. The fraction of sp³-hybridized carbons (Fsp3) is 0.222. The predicted octanol–water partition coefficient (Wildman–Crippen LogP) is 4.71. The molecule has 2 N–H and O–H groups in total. The molecule has 3 heterocycles. The van der Waals surface area contributed by atoms with Gasteiger partial charge in [-0.1, -0.05) is 5.16 Å². The Hall–Kier alpha value is -4.60. The minimum Gasteiger partial charge on any atom is -0.471 e. The highest BCUT2D eigenvalue weighted by Gasteiger charge is 2.17. The Bertz CT molecular complexity index is 1510. The molecule has 37 heavy (non-hydrogen) atoms. The molecule has 0 spiro atoms. The van der Waals surface area contributed by atoms with Gasteiger partial charge in [-0.25, -0.2) is 19.3 Å². The van der Waals surface area contributed by atoms with Gasteiger partial charge in [0, 0.05) is 36.5 Å². The van der Waals surface area contributed by atoms with Crippen molar-refractivity contribution in [3.8, 4) is 17.1 Å². The van der Waals surface area contributed by atoms with Crippen molar-refractivity contribution in [2.45, 2.75) is 33.3 Å². The van der Waals surface area contributed by atoms with E-state index in [2.05, 4.69) is 25.4 Å². The summed E-state index contributed by atoms with van der Waals surface area (Å²) in [5.41, 5.74) is 4.18. The highest BCUT2D eigenvalue weighted by Crippen LogP contribution is 2.30. The first kappa shape index (κ1) is 24.1. The third kappa shape index (κ3) is 5.48. The van der Waals surface area contributed by atoms with E-state index in [-0.39, 0.29) is 24.2 Å². The van der Waals surface area contributed by atoms with E-state index < -0.39 is 0 Å². The van der Waals surface area contributed by atoms with Crippen molar-refractivity contribution in [2.24, 2.45) is 0 Å². The molecule has 1 amide bonds. The van der Waals surface area contributed by atoms with Crippen LogP contribution in [0, 0.1) is 19.7 Å². The van der Waals surface area contributed by atoms with Crippen molar-refractivity contribution >= 4 is 16.9 Å². The standard InChI is InChI=1S/C27H25FN6O3/c1-16-21(17(2)37-34-16)15-36-27-25(18-5-8-20(28)9-6-18)32-23-14-19(7-10-22(23)33-27)26(35)31-11-3-4-24-29-12-13-30-24/h5-10,12-14H,3-4,11,15H2,1-2H3,(H,29,30)(H,31,35). The lowest BCUT2D eigenvalue weighted by Crippen LogP contribution is -2.24. The first-order valence-electron chi connectivity index (χ1n) is 11.9. The Kier molecular flexibility index (Phi) is 6.89. The van der Waals surface area contributed by atoms with Crippen LogP contribution in [-0.2, 0) is 13.0 Å². The number of H-pyrrole nitrogens is 1. The monoisotopic (exact) mass is 500 g/mol. The fourth-order valence-electron chi connectivity index (χ4n) is 3.92. The summed E-state index contributed by atoms with van der Waals surface area (Å²) in [6.07, 6.45) is 4.98. The zero-order chi connectivity index (χ0) is 25.8. The number of aryl methyl sites for hydroxylation is 3. The summed E-state index contributed by atoms with van der Waals surface area (Å²) in [5, 5.41) is 6.89. The number of amides is 1. The summed E-state index contributed by atoms with van der Waals surface area (Å²) < 4.78 is 24.9. The number of aromatic amines is 1. The van der Waals surface area contributed by atoms with Crippen molar-refractivity contribution in [1.29, 1.82) is 0 Å². The van der Waals surface area contributed by atoms with Crippen LogP contribution in [0.2, 0.25) is 0 Å². The van der Waals surface area contributed by atoms with Gasteiger partial charge in [0.1, 0.15) is 29.7 Å². The SMILES string of the molecule is Cc1noc(C)c1COc1nc2ccc(C(=O)NCCCc3ncc[nH]3)cc2nc1-c1ccc(F)cc1. The van der Waals surface area contributed by atoms with Gasteiger partial charge in [0.2, 0.25) is 5.88 Å². The number of carbonyl (C=O) groups excluding carboxylic acids is 1. The van der Waals surface area contributed by atoms with Crippen LogP contribution < -0.4 is 10.1 Å². The van der Waals surface area contributed by atoms with Crippen LogP contribution in [0.3, 0.4) is 0 Å². The number of carbonyl (C=O) groups is 1. The molecule has 0 atom stereocenters. The van der Waals surface area contributed by atoms with Gasteiger partial charge < -0.3 is 19.6 Å². The normalized spacial score (nSPS) is 11.1. The number of halogens is 1. The molecule has 0 saturated heterocycles. The Balaban J connectivity index is 1.39. The van der Waals surface area contributed by atoms with Crippen molar-refractivity contribution in [1.82, 2.24) is 30.4 Å². The highest BCUT2D eigenvalue weighted by atomic mass is 19.1. The average molecular weight is 501 g/mol. The van der Waals surface area contributed by atoms with E-state index >= 15 is 0 Å². The molecule has 0 radical (unpaired) electrons. The van der Waals surface area contributed by atoms with Gasteiger partial charge in [0.05, 0.1) is 22.3 Å². The summed E-state index contributed by atoms with van der Waals surface area (Å²) >= 11 is 0. The molecule has 9 nitrogen and oxygen atoms in total. The molecule has 0 aliphatic rings. The molecular weight excluding hydrogens is 475 g/mol. The molecule has 5 rings (SSSR count). The van der Waals surface area contributed by atoms with Crippen molar-refractivity contribution in [3.63, 3.8) is 0 Å². The summed E-state index contributed by atoms with van der Waals surface area (Å²) in [5.74, 6) is 1.27. The minimum absolute atomic E-state index is 0.189. The molecular formula is C27H25FN6O3. The minimum atomic E-state index is -0.360. The molecule has 0 aliphatic carbocycles. The van der Waals surface area contributed by atoms with Crippen molar-refractivity contribution in [2.75, 3.05) is 6.54 Å². The second-order valence-electron chi connectivity index (χ2n) is 8.57. The Morgan fingerprint density at radius 3 is 2.68 bits per heavy atom. The lowest BCUT2D eigenvalue weighted by molar-refractivity contribution is 0.0953. The van der Waals surface area contributed by atoms with E-state index in [1.165, 1.54) is 12.1 Å². The van der Waals surface area contributed by atoms with Crippen molar-refractivity contribution in [3.05, 3.63) is 89.1 Å². The number of hydrogen-bond acceptors (Lipinski definition) is 7. The second-order valence-corrected chi connectivity index (χ2v) is 8.57. The zero-order valence-electron chi connectivity index (χ0n) is 20.4. The van der Waals surface area contributed by atoms with Gasteiger partial charge in [-0.05, 0) is 62.7 Å². The van der Waals surface area contributed by atoms with Crippen LogP contribution in [0.4, 0.5) is 4.39 Å². The van der Waals surface area contributed by atoms with Gasteiger partial charge in [-0.2, -0.15) is 0 Å². The van der Waals surface area contributed by atoms with E-state index in [4.69, 9.17) is 14.2 Å². The van der Waals surface area contributed by atoms with E-state index in [1.54, 1.807) is 42.7 Å². The van der Waals surface area contributed by atoms with Crippen LogP contribution in [-0.4, -0.2) is 37.5 Å². The summed E-state index contributed by atoms with van der Waals surface area (Å²) in [6, 6.07) is 11.1. The zero-order valence-corrected chi connectivity index (χ0v) is 20.4. The number of nitrogens with one attached hydrogen (secondary N) is 2. The third-order valence-corrected chi connectivity index (χ3v) is 5.98. The Labute approximate surface area is 212 Å². The average Bonchev–Trinajstić information content (AvgIpc) is 3.54. The number of ether oxygens (including phenoxy) is 1. The molecule has 2 aromatic carbocycles. The summed E-state index contributed by atoms with van der Waals surface area (Å²) in [7, 11) is 0. The molecule has 10 heteroatoms. The van der Waals surface area contributed by atoms with Gasteiger partial charge in [-0.15, -0.1) is 0 Å². The number of imidazole rings is 1. The van der Waals surface area contributed by atoms with Gasteiger partial charge in [-0.3, -0.25) is 4.79 Å². The second kappa shape index (κ2) is 10.6. The molecule has 3 aromatic heterocycles. The Morgan fingerprint density at radius 1 is 1.11 bits per heavy atom. The predicted molar refractivity (Wildman–Crippen MR) is 134 cm³/mol. The topological polar surface area (TPSA) is 119 Å². The molecule has 0 bridgehead atoms.